The minimum atomic E-state index is -3.95. The number of hydrogen-bond donors (Lipinski definition) is 1. The third-order valence-electron chi connectivity index (χ3n) is 6.00. The molecule has 13 heteroatoms. The fourth-order valence-corrected chi connectivity index (χ4v) is 5.27. The predicted molar refractivity (Wildman–Crippen MR) is 116 cm³/mol. The van der Waals surface area contributed by atoms with Crippen LogP contribution in [0, 0.1) is 0 Å². The van der Waals surface area contributed by atoms with Crippen molar-refractivity contribution in [3.8, 4) is 0 Å². The van der Waals surface area contributed by atoms with Crippen molar-refractivity contribution in [1.82, 2.24) is 24.7 Å². The number of ether oxygens (including phenoxy) is 3. The zero-order valence-corrected chi connectivity index (χ0v) is 19.8. The van der Waals surface area contributed by atoms with E-state index in [-0.39, 0.29) is 23.2 Å². The lowest BCUT2D eigenvalue weighted by Gasteiger charge is -2.25. The van der Waals surface area contributed by atoms with E-state index in [2.05, 4.69) is 24.9 Å². The summed E-state index contributed by atoms with van der Waals surface area (Å²) in [5.74, 6) is 1.16. The predicted octanol–water partition coefficient (Wildman–Crippen LogP) is 1.88. The zero-order valence-electron chi connectivity index (χ0n) is 18.2. The molecule has 176 valence electrons. The average Bonchev–Trinajstić information content (AvgIpc) is 3.15. The number of anilines is 1. The summed E-state index contributed by atoms with van der Waals surface area (Å²) in [6.45, 7) is 3.14. The summed E-state index contributed by atoms with van der Waals surface area (Å²) in [5, 5.41) is 7.88. The molecule has 3 atom stereocenters. The van der Waals surface area contributed by atoms with Crippen LogP contribution in [0.25, 0.3) is 0 Å². The van der Waals surface area contributed by atoms with Gasteiger partial charge in [-0.3, -0.25) is 9.29 Å². The summed E-state index contributed by atoms with van der Waals surface area (Å²) in [6, 6.07) is 0. The fraction of sp³-hybridized carbons (Fsp3) is 0.684. The van der Waals surface area contributed by atoms with Gasteiger partial charge in [-0.25, -0.2) is 18.4 Å². The van der Waals surface area contributed by atoms with Crippen LogP contribution in [0.2, 0.25) is 5.02 Å². The molecule has 1 N–H and O–H groups in total. The second kappa shape index (κ2) is 9.18. The molecule has 4 rings (SSSR count). The van der Waals surface area contributed by atoms with E-state index in [1.54, 1.807) is 7.11 Å². The van der Waals surface area contributed by atoms with E-state index in [0.29, 0.717) is 30.7 Å². The van der Waals surface area contributed by atoms with Crippen LogP contribution in [-0.2, 0) is 29.8 Å². The van der Waals surface area contributed by atoms with Crippen molar-refractivity contribution in [3.63, 3.8) is 0 Å². The van der Waals surface area contributed by atoms with Gasteiger partial charge in [0.25, 0.3) is 0 Å². The molecule has 0 bridgehead atoms. The summed E-state index contributed by atoms with van der Waals surface area (Å²) in [7, 11) is -0.908. The molecule has 1 aliphatic carbocycles. The Hall–Kier alpha value is -1.86. The van der Waals surface area contributed by atoms with Crippen molar-refractivity contribution in [2.75, 3.05) is 38.8 Å². The molecule has 3 heterocycles. The Labute approximate surface area is 191 Å². The SMILES string of the molecule is COCC1(n2c(NS(=O)(=O)C(C)C(OC)c3ncc(Cl)cn3)nnc2[C@H]2CCOC2)CC1. The molecule has 0 aromatic carbocycles. The largest absolute Gasteiger partial charge is 0.382 e. The number of sulfonamides is 1. The molecule has 2 aromatic heterocycles. The maximum absolute atomic E-state index is 13.3. The fourth-order valence-electron chi connectivity index (χ4n) is 4.04. The summed E-state index contributed by atoms with van der Waals surface area (Å²) in [5.41, 5.74) is -0.364. The second-order valence-corrected chi connectivity index (χ2v) is 10.7. The van der Waals surface area contributed by atoms with Crippen LogP contribution in [-0.4, -0.2) is 72.4 Å². The third-order valence-corrected chi connectivity index (χ3v) is 7.88. The third kappa shape index (κ3) is 4.46. The first kappa shape index (κ1) is 23.3. The number of hydrogen-bond acceptors (Lipinski definition) is 9. The maximum Gasteiger partial charge on any atom is 0.240 e. The summed E-state index contributed by atoms with van der Waals surface area (Å²) in [6.07, 6.45) is 4.40. The molecule has 0 spiro atoms. The molecule has 0 amide bonds. The number of halogens is 1. The van der Waals surface area contributed by atoms with Gasteiger partial charge in [0, 0.05) is 39.1 Å². The lowest BCUT2D eigenvalue weighted by atomic mass is 10.1. The first-order chi connectivity index (χ1) is 15.3. The Morgan fingerprint density at radius 3 is 2.59 bits per heavy atom. The Balaban J connectivity index is 1.64. The Morgan fingerprint density at radius 1 is 1.31 bits per heavy atom. The van der Waals surface area contributed by atoms with Gasteiger partial charge in [-0.1, -0.05) is 11.6 Å². The minimum absolute atomic E-state index is 0.0571. The summed E-state index contributed by atoms with van der Waals surface area (Å²) < 4.78 is 47.5. The molecule has 2 aliphatic rings. The standard InChI is InChI=1S/C19H27ClN6O5S/c1-12(15(30-3)16-21-8-14(20)9-22-16)32(27,28)25-18-24-23-17(13-4-7-31-10-13)26(18)19(5-6-19)11-29-2/h8-9,12-13,15H,4-7,10-11H2,1-3H3,(H,24,25)/t12?,13-,15?/m0/s1. The van der Waals surface area contributed by atoms with Gasteiger partial charge in [0.05, 0.1) is 23.8 Å². The van der Waals surface area contributed by atoms with E-state index in [1.165, 1.54) is 26.4 Å². The van der Waals surface area contributed by atoms with E-state index in [9.17, 15) is 8.42 Å². The first-order valence-electron chi connectivity index (χ1n) is 10.4. The van der Waals surface area contributed by atoms with Gasteiger partial charge >= 0.3 is 0 Å². The molecule has 2 aromatic rings. The van der Waals surface area contributed by atoms with Crippen molar-refractivity contribution >= 4 is 27.6 Å². The molecular weight excluding hydrogens is 460 g/mol. The van der Waals surface area contributed by atoms with Gasteiger partial charge in [-0.2, -0.15) is 0 Å². The quantitative estimate of drug-likeness (QED) is 0.534. The smallest absolute Gasteiger partial charge is 0.240 e. The highest BCUT2D eigenvalue weighted by Crippen LogP contribution is 2.47. The summed E-state index contributed by atoms with van der Waals surface area (Å²) in [4.78, 5) is 8.23. The van der Waals surface area contributed by atoms with Gasteiger partial charge in [-0.15, -0.1) is 10.2 Å². The number of aromatic nitrogens is 5. The van der Waals surface area contributed by atoms with E-state index in [4.69, 9.17) is 25.8 Å². The number of methoxy groups -OCH3 is 2. The highest BCUT2D eigenvalue weighted by atomic mass is 35.5. The molecule has 2 fully saturated rings. The molecule has 0 radical (unpaired) electrons. The number of nitrogens with zero attached hydrogens (tertiary/aromatic N) is 5. The molecule has 1 saturated heterocycles. The van der Waals surface area contributed by atoms with Gasteiger partial charge in [0.2, 0.25) is 16.0 Å². The molecule has 1 saturated carbocycles. The zero-order chi connectivity index (χ0) is 22.9. The molecule has 1 aliphatic heterocycles. The molecule has 32 heavy (non-hydrogen) atoms. The van der Waals surface area contributed by atoms with Crippen LogP contribution in [0.15, 0.2) is 12.4 Å². The summed E-state index contributed by atoms with van der Waals surface area (Å²) >= 11 is 5.85. The van der Waals surface area contributed by atoms with Crippen molar-refractivity contribution in [2.45, 2.75) is 49.0 Å². The van der Waals surface area contributed by atoms with Crippen LogP contribution >= 0.6 is 11.6 Å². The van der Waals surface area contributed by atoms with Gasteiger partial charge in [0.15, 0.2) is 5.82 Å². The minimum Gasteiger partial charge on any atom is -0.382 e. The topological polar surface area (TPSA) is 130 Å². The molecule has 11 nitrogen and oxygen atoms in total. The van der Waals surface area contributed by atoms with Crippen LogP contribution in [0.5, 0.6) is 0 Å². The number of nitrogens with one attached hydrogen (secondary N) is 1. The molecule has 2 unspecified atom stereocenters. The van der Waals surface area contributed by atoms with Crippen LogP contribution in [0.3, 0.4) is 0 Å². The highest BCUT2D eigenvalue weighted by Gasteiger charge is 2.49. The average molecular weight is 487 g/mol. The highest BCUT2D eigenvalue weighted by molar-refractivity contribution is 7.93. The second-order valence-electron chi connectivity index (χ2n) is 8.20. The van der Waals surface area contributed by atoms with Gasteiger partial charge in [-0.05, 0) is 26.2 Å². The lowest BCUT2D eigenvalue weighted by molar-refractivity contribution is 0.0950. The maximum atomic E-state index is 13.3. The van der Waals surface area contributed by atoms with Gasteiger partial charge < -0.3 is 14.2 Å². The van der Waals surface area contributed by atoms with Crippen molar-refractivity contribution in [3.05, 3.63) is 29.1 Å². The van der Waals surface area contributed by atoms with Crippen LogP contribution < -0.4 is 4.72 Å². The monoisotopic (exact) mass is 486 g/mol. The lowest BCUT2D eigenvalue weighted by Crippen LogP contribution is -2.35. The normalized spacial score (nSPS) is 21.9. The van der Waals surface area contributed by atoms with Crippen LogP contribution in [0.4, 0.5) is 5.95 Å². The molecular formula is C19H27ClN6O5S. The Kier molecular flexibility index (Phi) is 6.68. The first-order valence-corrected chi connectivity index (χ1v) is 12.3. The van der Waals surface area contributed by atoms with E-state index in [1.807, 2.05) is 4.57 Å². The number of rotatable bonds is 10. The Morgan fingerprint density at radius 2 is 2.03 bits per heavy atom. The van der Waals surface area contributed by atoms with Crippen LogP contribution in [0.1, 0.15) is 49.9 Å². The van der Waals surface area contributed by atoms with E-state index >= 15 is 0 Å². The van der Waals surface area contributed by atoms with E-state index < -0.39 is 21.4 Å². The van der Waals surface area contributed by atoms with Gasteiger partial charge in [0.1, 0.15) is 17.2 Å². The Bertz CT molecular complexity index is 1040. The van der Waals surface area contributed by atoms with E-state index in [0.717, 1.165) is 19.3 Å². The van der Waals surface area contributed by atoms with Crippen molar-refractivity contribution < 1.29 is 22.6 Å². The van der Waals surface area contributed by atoms with Crippen molar-refractivity contribution in [1.29, 1.82) is 0 Å². The van der Waals surface area contributed by atoms with Crippen molar-refractivity contribution in [2.24, 2.45) is 0 Å².